The number of pyridine rings is 1. The van der Waals surface area contributed by atoms with Crippen molar-refractivity contribution in [1.29, 1.82) is 0 Å². The zero-order chi connectivity index (χ0) is 18.7. The van der Waals surface area contributed by atoms with E-state index in [0.717, 1.165) is 5.39 Å². The standard InChI is InChI=1S/C19H15Cl2N3O2/c20-13-5-3-6-14(21)12(13)10-17(18(22)25)24-19(26)16-9-8-11-4-1-2-7-15(11)23-16/h1-9,17H,10H2,(H2,22,25)(H,24,26)/t17-/m1/s1. The summed E-state index contributed by atoms with van der Waals surface area (Å²) >= 11 is 12.3. The van der Waals surface area contributed by atoms with Gasteiger partial charge in [0.1, 0.15) is 11.7 Å². The van der Waals surface area contributed by atoms with Gasteiger partial charge in [-0.3, -0.25) is 9.59 Å². The van der Waals surface area contributed by atoms with Crippen molar-refractivity contribution in [1.82, 2.24) is 10.3 Å². The van der Waals surface area contributed by atoms with Gasteiger partial charge in [0.2, 0.25) is 5.91 Å². The molecule has 1 atom stereocenters. The first-order valence-corrected chi connectivity index (χ1v) is 8.60. The summed E-state index contributed by atoms with van der Waals surface area (Å²) in [6.45, 7) is 0. The molecule has 0 radical (unpaired) electrons. The van der Waals surface area contributed by atoms with Gasteiger partial charge < -0.3 is 11.1 Å². The fraction of sp³-hybridized carbons (Fsp3) is 0.105. The molecule has 0 aliphatic heterocycles. The minimum absolute atomic E-state index is 0.0904. The van der Waals surface area contributed by atoms with Gasteiger partial charge in [-0.05, 0) is 29.8 Å². The first-order chi connectivity index (χ1) is 12.5. The molecule has 2 amide bonds. The third-order valence-electron chi connectivity index (χ3n) is 3.95. The number of hydrogen-bond acceptors (Lipinski definition) is 3. The highest BCUT2D eigenvalue weighted by Crippen LogP contribution is 2.25. The Bertz CT molecular complexity index is 971. The van der Waals surface area contributed by atoms with Crippen LogP contribution in [-0.4, -0.2) is 22.8 Å². The SMILES string of the molecule is NC(=O)[C@@H](Cc1c(Cl)cccc1Cl)NC(=O)c1ccc2ccccc2n1. The lowest BCUT2D eigenvalue weighted by Gasteiger charge is -2.17. The molecule has 0 saturated heterocycles. The van der Waals surface area contributed by atoms with Crippen LogP contribution in [0.2, 0.25) is 10.0 Å². The average Bonchev–Trinajstić information content (AvgIpc) is 2.63. The summed E-state index contributed by atoms with van der Waals surface area (Å²) in [5.41, 5.74) is 6.87. The van der Waals surface area contributed by atoms with Crippen molar-refractivity contribution in [3.63, 3.8) is 0 Å². The predicted octanol–water partition coefficient (Wildman–Crippen LogP) is 3.37. The molecule has 0 aliphatic carbocycles. The Balaban J connectivity index is 1.83. The van der Waals surface area contributed by atoms with Crippen molar-refractivity contribution in [3.05, 3.63) is 75.9 Å². The van der Waals surface area contributed by atoms with Crippen molar-refractivity contribution >= 4 is 45.9 Å². The van der Waals surface area contributed by atoms with E-state index in [1.807, 2.05) is 18.2 Å². The lowest BCUT2D eigenvalue weighted by atomic mass is 10.0. The van der Waals surface area contributed by atoms with E-state index in [4.69, 9.17) is 28.9 Å². The second-order valence-corrected chi connectivity index (χ2v) is 6.54. The smallest absolute Gasteiger partial charge is 0.270 e. The Morgan fingerprint density at radius 2 is 1.69 bits per heavy atom. The molecule has 0 unspecified atom stereocenters. The molecule has 0 aliphatic rings. The maximum atomic E-state index is 12.5. The van der Waals surface area contributed by atoms with Crippen LogP contribution in [0.15, 0.2) is 54.6 Å². The minimum Gasteiger partial charge on any atom is -0.368 e. The number of nitrogens with one attached hydrogen (secondary N) is 1. The molecule has 2 aromatic carbocycles. The van der Waals surface area contributed by atoms with E-state index >= 15 is 0 Å². The summed E-state index contributed by atoms with van der Waals surface area (Å²) in [7, 11) is 0. The third kappa shape index (κ3) is 3.95. The zero-order valence-corrected chi connectivity index (χ0v) is 15.1. The second kappa shape index (κ2) is 7.72. The lowest BCUT2D eigenvalue weighted by Crippen LogP contribution is -2.46. The summed E-state index contributed by atoms with van der Waals surface area (Å²) in [4.78, 5) is 28.6. The van der Waals surface area contributed by atoms with Crippen LogP contribution in [0.25, 0.3) is 10.9 Å². The van der Waals surface area contributed by atoms with Crippen molar-refractivity contribution in [2.24, 2.45) is 5.73 Å². The van der Waals surface area contributed by atoms with Crippen molar-refractivity contribution in [3.8, 4) is 0 Å². The predicted molar refractivity (Wildman–Crippen MR) is 102 cm³/mol. The van der Waals surface area contributed by atoms with Gasteiger partial charge in [-0.25, -0.2) is 4.98 Å². The number of halogens is 2. The van der Waals surface area contributed by atoms with Crippen LogP contribution in [0, 0.1) is 0 Å². The molecule has 1 heterocycles. The number of carbonyl (C=O) groups is 2. The summed E-state index contributed by atoms with van der Waals surface area (Å²) < 4.78 is 0. The van der Waals surface area contributed by atoms with Gasteiger partial charge in [-0.1, -0.05) is 53.5 Å². The Morgan fingerprint density at radius 1 is 1.00 bits per heavy atom. The van der Waals surface area contributed by atoms with Crippen LogP contribution in [-0.2, 0) is 11.2 Å². The van der Waals surface area contributed by atoms with Gasteiger partial charge in [0, 0.05) is 21.9 Å². The summed E-state index contributed by atoms with van der Waals surface area (Å²) in [6.07, 6.45) is 0.0904. The van der Waals surface area contributed by atoms with Crippen LogP contribution in [0.1, 0.15) is 16.1 Å². The number of para-hydroxylation sites is 1. The normalized spacial score (nSPS) is 11.9. The van der Waals surface area contributed by atoms with E-state index in [0.29, 0.717) is 21.1 Å². The van der Waals surface area contributed by atoms with Gasteiger partial charge in [0.15, 0.2) is 0 Å². The molecule has 1 aromatic heterocycles. The zero-order valence-electron chi connectivity index (χ0n) is 13.6. The fourth-order valence-electron chi connectivity index (χ4n) is 2.58. The van der Waals surface area contributed by atoms with Crippen LogP contribution in [0.5, 0.6) is 0 Å². The fourth-order valence-corrected chi connectivity index (χ4v) is 3.13. The van der Waals surface area contributed by atoms with Crippen LogP contribution < -0.4 is 11.1 Å². The van der Waals surface area contributed by atoms with E-state index in [1.165, 1.54) is 0 Å². The average molecular weight is 388 g/mol. The molecule has 0 saturated carbocycles. The quantitative estimate of drug-likeness (QED) is 0.703. The first-order valence-electron chi connectivity index (χ1n) is 7.84. The maximum Gasteiger partial charge on any atom is 0.270 e. The molecule has 3 rings (SSSR count). The number of benzene rings is 2. The van der Waals surface area contributed by atoms with E-state index in [-0.39, 0.29) is 12.1 Å². The number of nitrogens with two attached hydrogens (primary N) is 1. The Morgan fingerprint density at radius 3 is 2.38 bits per heavy atom. The Kier molecular flexibility index (Phi) is 5.40. The molecule has 3 aromatic rings. The lowest BCUT2D eigenvalue weighted by molar-refractivity contribution is -0.119. The minimum atomic E-state index is -0.965. The Labute approximate surface area is 160 Å². The van der Waals surface area contributed by atoms with Gasteiger partial charge in [-0.2, -0.15) is 0 Å². The van der Waals surface area contributed by atoms with Crippen LogP contribution in [0.4, 0.5) is 0 Å². The van der Waals surface area contributed by atoms with Crippen LogP contribution >= 0.6 is 23.2 Å². The topological polar surface area (TPSA) is 85.1 Å². The van der Waals surface area contributed by atoms with Gasteiger partial charge >= 0.3 is 0 Å². The van der Waals surface area contributed by atoms with E-state index in [9.17, 15) is 9.59 Å². The molecular formula is C19H15Cl2N3O2. The monoisotopic (exact) mass is 387 g/mol. The van der Waals surface area contributed by atoms with E-state index < -0.39 is 17.9 Å². The van der Waals surface area contributed by atoms with Gasteiger partial charge in [0.25, 0.3) is 5.91 Å². The Hall–Kier alpha value is -2.63. The van der Waals surface area contributed by atoms with Gasteiger partial charge in [-0.15, -0.1) is 0 Å². The molecule has 7 heteroatoms. The number of carbonyl (C=O) groups excluding carboxylic acids is 2. The number of amides is 2. The number of fused-ring (bicyclic) bond motifs is 1. The molecule has 26 heavy (non-hydrogen) atoms. The number of primary amides is 1. The highest BCUT2D eigenvalue weighted by atomic mass is 35.5. The van der Waals surface area contributed by atoms with Crippen molar-refractivity contribution < 1.29 is 9.59 Å². The summed E-state index contributed by atoms with van der Waals surface area (Å²) in [5, 5.41) is 4.33. The largest absolute Gasteiger partial charge is 0.368 e. The molecule has 0 spiro atoms. The molecule has 3 N–H and O–H groups in total. The third-order valence-corrected chi connectivity index (χ3v) is 4.66. The highest BCUT2D eigenvalue weighted by molar-refractivity contribution is 6.36. The first kappa shape index (κ1) is 18.2. The summed E-state index contributed by atoms with van der Waals surface area (Å²) in [6, 6.07) is 14.9. The number of rotatable bonds is 5. The molecule has 132 valence electrons. The molecule has 5 nitrogen and oxygen atoms in total. The number of hydrogen-bond donors (Lipinski definition) is 2. The van der Waals surface area contributed by atoms with E-state index in [2.05, 4.69) is 10.3 Å². The summed E-state index contributed by atoms with van der Waals surface area (Å²) in [5.74, 6) is -1.18. The molecule has 0 fully saturated rings. The maximum absolute atomic E-state index is 12.5. The van der Waals surface area contributed by atoms with Gasteiger partial charge in [0.05, 0.1) is 5.52 Å². The van der Waals surface area contributed by atoms with Crippen LogP contribution in [0.3, 0.4) is 0 Å². The van der Waals surface area contributed by atoms with Crippen molar-refractivity contribution in [2.45, 2.75) is 12.5 Å². The molecular weight excluding hydrogens is 373 g/mol. The highest BCUT2D eigenvalue weighted by Gasteiger charge is 2.22. The molecule has 0 bridgehead atoms. The van der Waals surface area contributed by atoms with E-state index in [1.54, 1.807) is 36.4 Å². The number of nitrogens with zero attached hydrogens (tertiary/aromatic N) is 1. The van der Waals surface area contributed by atoms with Crippen molar-refractivity contribution in [2.75, 3.05) is 0 Å². The number of aromatic nitrogens is 1. The second-order valence-electron chi connectivity index (χ2n) is 5.72.